The van der Waals surface area contributed by atoms with Crippen molar-refractivity contribution in [1.29, 1.82) is 0 Å². The van der Waals surface area contributed by atoms with Crippen LogP contribution in [-0.4, -0.2) is 30.9 Å². The van der Waals surface area contributed by atoms with Crippen molar-refractivity contribution >= 4 is 5.91 Å². The molecule has 1 heterocycles. The van der Waals surface area contributed by atoms with Gasteiger partial charge in [-0.2, -0.15) is 0 Å². The minimum atomic E-state index is 0.182. The van der Waals surface area contributed by atoms with Gasteiger partial charge >= 0.3 is 0 Å². The molecule has 0 bridgehead atoms. The Morgan fingerprint density at radius 2 is 2.32 bits per heavy atom. The maximum Gasteiger partial charge on any atom is 0.220 e. The van der Waals surface area contributed by atoms with Gasteiger partial charge in [0, 0.05) is 19.5 Å². The molecule has 1 fully saturated rings. The Labute approximate surface area is 116 Å². The number of nitrogens with zero attached hydrogens (tertiary/aromatic N) is 1. The van der Waals surface area contributed by atoms with Gasteiger partial charge in [-0.05, 0) is 44.8 Å². The fourth-order valence-corrected chi connectivity index (χ4v) is 2.80. The molecule has 1 saturated heterocycles. The number of nitrogens with one attached hydrogen (secondary N) is 1. The molecule has 1 unspecified atom stereocenters. The van der Waals surface area contributed by atoms with Crippen LogP contribution in [0.15, 0.2) is 24.3 Å². The molecule has 3 heteroatoms. The quantitative estimate of drug-likeness (QED) is 0.901. The Balaban J connectivity index is 1.75. The van der Waals surface area contributed by atoms with Crippen molar-refractivity contribution in [3.8, 4) is 0 Å². The molecular weight excluding hydrogens is 236 g/mol. The number of carbonyl (C=O) groups excluding carboxylic acids is 1. The van der Waals surface area contributed by atoms with Crippen LogP contribution in [-0.2, 0) is 11.3 Å². The first kappa shape index (κ1) is 14.1. The Hall–Kier alpha value is -1.35. The van der Waals surface area contributed by atoms with E-state index in [1.165, 1.54) is 30.5 Å². The van der Waals surface area contributed by atoms with Gasteiger partial charge in [0.2, 0.25) is 5.91 Å². The minimum Gasteiger partial charge on any atom is -0.352 e. The molecule has 1 amide bonds. The first-order valence-electron chi connectivity index (χ1n) is 7.14. The largest absolute Gasteiger partial charge is 0.352 e. The number of rotatable bonds is 4. The van der Waals surface area contributed by atoms with Gasteiger partial charge in [-0.1, -0.05) is 29.8 Å². The summed E-state index contributed by atoms with van der Waals surface area (Å²) >= 11 is 0. The van der Waals surface area contributed by atoms with Crippen molar-refractivity contribution in [2.75, 3.05) is 20.1 Å². The summed E-state index contributed by atoms with van der Waals surface area (Å²) in [4.78, 5) is 14.3. The van der Waals surface area contributed by atoms with Gasteiger partial charge in [-0.3, -0.25) is 4.79 Å². The number of piperidine rings is 1. The summed E-state index contributed by atoms with van der Waals surface area (Å²) in [6.07, 6.45) is 3.06. The van der Waals surface area contributed by atoms with Gasteiger partial charge in [-0.25, -0.2) is 0 Å². The summed E-state index contributed by atoms with van der Waals surface area (Å²) in [5.41, 5.74) is 2.41. The predicted molar refractivity (Wildman–Crippen MR) is 77.9 cm³/mol. The molecule has 19 heavy (non-hydrogen) atoms. The van der Waals surface area contributed by atoms with Crippen molar-refractivity contribution in [2.45, 2.75) is 32.7 Å². The van der Waals surface area contributed by atoms with E-state index in [1.807, 2.05) is 6.07 Å². The summed E-state index contributed by atoms with van der Waals surface area (Å²) in [6.45, 7) is 4.94. The highest BCUT2D eigenvalue weighted by atomic mass is 16.1. The van der Waals surface area contributed by atoms with E-state index in [0.717, 1.165) is 6.54 Å². The SMILES string of the molecule is Cc1cccc(CNC(=O)CC2CCCN(C)C2)c1. The highest BCUT2D eigenvalue weighted by Gasteiger charge is 2.19. The van der Waals surface area contributed by atoms with Gasteiger partial charge in [0.05, 0.1) is 0 Å². The Bertz CT molecular complexity index is 431. The number of amides is 1. The highest BCUT2D eigenvalue weighted by molar-refractivity contribution is 5.76. The summed E-state index contributed by atoms with van der Waals surface area (Å²) in [5.74, 6) is 0.707. The maximum atomic E-state index is 11.9. The van der Waals surface area contributed by atoms with E-state index in [1.54, 1.807) is 0 Å². The molecule has 0 radical (unpaired) electrons. The lowest BCUT2D eigenvalue weighted by Crippen LogP contribution is -2.35. The average Bonchev–Trinajstić information content (AvgIpc) is 2.36. The van der Waals surface area contributed by atoms with Crippen LogP contribution in [0.25, 0.3) is 0 Å². The van der Waals surface area contributed by atoms with Crippen LogP contribution in [0.1, 0.15) is 30.4 Å². The number of aryl methyl sites for hydroxylation is 1. The molecule has 104 valence electrons. The molecule has 0 spiro atoms. The van der Waals surface area contributed by atoms with Crippen molar-refractivity contribution in [3.63, 3.8) is 0 Å². The first-order chi connectivity index (χ1) is 9.13. The third-order valence-electron chi connectivity index (χ3n) is 3.77. The van der Waals surface area contributed by atoms with Gasteiger partial charge in [0.15, 0.2) is 0 Å². The third kappa shape index (κ3) is 4.67. The van der Waals surface area contributed by atoms with Crippen LogP contribution in [0.5, 0.6) is 0 Å². The molecule has 0 aromatic heterocycles. The molecule has 1 aromatic carbocycles. The summed E-state index contributed by atoms with van der Waals surface area (Å²) in [6, 6.07) is 8.28. The molecule has 1 N–H and O–H groups in total. The van der Waals surface area contributed by atoms with Crippen LogP contribution in [0.3, 0.4) is 0 Å². The lowest BCUT2D eigenvalue weighted by Gasteiger charge is -2.29. The second-order valence-corrected chi connectivity index (χ2v) is 5.74. The van der Waals surface area contributed by atoms with E-state index < -0.39 is 0 Å². The van der Waals surface area contributed by atoms with Gasteiger partial charge < -0.3 is 10.2 Å². The molecule has 2 rings (SSSR count). The number of hydrogen-bond donors (Lipinski definition) is 1. The molecule has 1 aliphatic heterocycles. The second kappa shape index (κ2) is 6.71. The average molecular weight is 260 g/mol. The maximum absolute atomic E-state index is 11.9. The molecule has 1 aromatic rings. The molecule has 1 atom stereocenters. The second-order valence-electron chi connectivity index (χ2n) is 5.74. The van der Waals surface area contributed by atoms with Gasteiger partial charge in [0.1, 0.15) is 0 Å². The lowest BCUT2D eigenvalue weighted by atomic mass is 9.95. The van der Waals surface area contributed by atoms with Crippen molar-refractivity contribution in [1.82, 2.24) is 10.2 Å². The van der Waals surface area contributed by atoms with E-state index in [0.29, 0.717) is 18.9 Å². The Morgan fingerprint density at radius 1 is 1.47 bits per heavy atom. The normalized spacial score (nSPS) is 20.2. The van der Waals surface area contributed by atoms with Crippen LogP contribution in [0.4, 0.5) is 0 Å². The number of hydrogen-bond acceptors (Lipinski definition) is 2. The van der Waals surface area contributed by atoms with Crippen LogP contribution >= 0.6 is 0 Å². The Morgan fingerprint density at radius 3 is 3.05 bits per heavy atom. The first-order valence-corrected chi connectivity index (χ1v) is 7.14. The zero-order valence-corrected chi connectivity index (χ0v) is 12.0. The van der Waals surface area contributed by atoms with Crippen molar-refractivity contribution < 1.29 is 4.79 Å². The molecule has 0 saturated carbocycles. The molecular formula is C16H24N2O. The summed E-state index contributed by atoms with van der Waals surface area (Å²) in [5, 5.41) is 3.03. The van der Waals surface area contributed by atoms with E-state index >= 15 is 0 Å². The zero-order valence-electron chi connectivity index (χ0n) is 12.0. The van der Waals surface area contributed by atoms with E-state index in [4.69, 9.17) is 0 Å². The summed E-state index contributed by atoms with van der Waals surface area (Å²) in [7, 11) is 2.14. The van der Waals surface area contributed by atoms with E-state index in [9.17, 15) is 4.79 Å². The van der Waals surface area contributed by atoms with Crippen LogP contribution in [0, 0.1) is 12.8 Å². The van der Waals surface area contributed by atoms with Crippen LogP contribution in [0.2, 0.25) is 0 Å². The standard InChI is InChI=1S/C16H24N2O/c1-13-5-3-6-14(9-13)11-17-16(19)10-15-7-4-8-18(2)12-15/h3,5-6,9,15H,4,7-8,10-12H2,1-2H3,(H,17,19). The van der Waals surface area contributed by atoms with E-state index in [2.05, 4.69) is 42.4 Å². The molecule has 1 aliphatic rings. The summed E-state index contributed by atoms with van der Waals surface area (Å²) < 4.78 is 0. The number of likely N-dealkylation sites (tertiary alicyclic amines) is 1. The lowest BCUT2D eigenvalue weighted by molar-refractivity contribution is -0.122. The van der Waals surface area contributed by atoms with Crippen LogP contribution < -0.4 is 5.32 Å². The minimum absolute atomic E-state index is 0.182. The van der Waals surface area contributed by atoms with Gasteiger partial charge in [0.25, 0.3) is 0 Å². The monoisotopic (exact) mass is 260 g/mol. The predicted octanol–water partition coefficient (Wildman–Crippen LogP) is 2.34. The topological polar surface area (TPSA) is 32.3 Å². The Kier molecular flexibility index (Phi) is 4.97. The van der Waals surface area contributed by atoms with Crippen molar-refractivity contribution in [2.24, 2.45) is 5.92 Å². The molecule has 3 nitrogen and oxygen atoms in total. The molecule has 0 aliphatic carbocycles. The smallest absolute Gasteiger partial charge is 0.220 e. The van der Waals surface area contributed by atoms with E-state index in [-0.39, 0.29) is 5.91 Å². The number of benzene rings is 1. The fraction of sp³-hybridized carbons (Fsp3) is 0.562. The van der Waals surface area contributed by atoms with Crippen molar-refractivity contribution in [3.05, 3.63) is 35.4 Å². The third-order valence-corrected chi connectivity index (χ3v) is 3.77. The van der Waals surface area contributed by atoms with Gasteiger partial charge in [-0.15, -0.1) is 0 Å². The highest BCUT2D eigenvalue weighted by Crippen LogP contribution is 2.18. The number of carbonyl (C=O) groups is 1. The zero-order chi connectivity index (χ0) is 13.7. The fourth-order valence-electron chi connectivity index (χ4n) is 2.80.